The van der Waals surface area contributed by atoms with Gasteiger partial charge in [0.1, 0.15) is 0 Å². The molecule has 0 saturated carbocycles. The summed E-state index contributed by atoms with van der Waals surface area (Å²) in [6.45, 7) is 2.94. The van der Waals surface area contributed by atoms with Crippen LogP contribution in [0.2, 0.25) is 5.02 Å². The molecule has 1 amide bonds. The van der Waals surface area contributed by atoms with E-state index in [4.69, 9.17) is 16.3 Å². The molecule has 0 aromatic heterocycles. The first-order valence-electron chi connectivity index (χ1n) is 6.97. The summed E-state index contributed by atoms with van der Waals surface area (Å²) in [5, 5.41) is 13.0. The monoisotopic (exact) mass is 329 g/mol. The van der Waals surface area contributed by atoms with Crippen LogP contribution in [0.1, 0.15) is 19.8 Å². The molecule has 4 nitrogen and oxygen atoms in total. The lowest BCUT2D eigenvalue weighted by molar-refractivity contribution is -0.124. The van der Waals surface area contributed by atoms with E-state index in [1.807, 2.05) is 31.2 Å². The fourth-order valence-electron chi connectivity index (χ4n) is 2.22. The maximum Gasteiger partial charge on any atom is 0.233 e. The number of benzene rings is 1. The Hall–Kier alpha value is -0.750. The van der Waals surface area contributed by atoms with Crippen LogP contribution in [-0.2, 0) is 9.53 Å². The minimum absolute atomic E-state index is 0.0551. The van der Waals surface area contributed by atoms with Crippen molar-refractivity contribution >= 4 is 29.3 Å². The standard InChI is InChI=1S/C15H20ClNO3S/c1-11(21-13-4-2-12(16)3-5-13)14(19)17-15(10-18)6-8-20-9-7-15/h2-5,11,18H,6-10H2,1H3,(H,17,19). The number of aliphatic hydroxyl groups excluding tert-OH is 1. The van der Waals surface area contributed by atoms with Crippen LogP contribution in [0, 0.1) is 0 Å². The summed E-state index contributed by atoms with van der Waals surface area (Å²) in [6.07, 6.45) is 1.29. The molecule has 116 valence electrons. The van der Waals surface area contributed by atoms with Gasteiger partial charge in [0.15, 0.2) is 0 Å². The van der Waals surface area contributed by atoms with Crippen molar-refractivity contribution in [3.8, 4) is 0 Å². The third-order valence-corrected chi connectivity index (χ3v) is 5.00. The second kappa shape index (κ2) is 7.49. The van der Waals surface area contributed by atoms with Gasteiger partial charge in [-0.3, -0.25) is 4.79 Å². The van der Waals surface area contributed by atoms with Crippen LogP contribution in [0.3, 0.4) is 0 Å². The third-order valence-electron chi connectivity index (χ3n) is 3.64. The summed E-state index contributed by atoms with van der Waals surface area (Å²) < 4.78 is 5.30. The molecule has 6 heteroatoms. The minimum atomic E-state index is -0.538. The van der Waals surface area contributed by atoms with Crippen molar-refractivity contribution in [3.05, 3.63) is 29.3 Å². The van der Waals surface area contributed by atoms with E-state index in [1.165, 1.54) is 11.8 Å². The fourth-order valence-corrected chi connectivity index (χ4v) is 3.21. The summed E-state index contributed by atoms with van der Waals surface area (Å²) >= 11 is 7.32. The van der Waals surface area contributed by atoms with E-state index in [0.29, 0.717) is 31.1 Å². The summed E-state index contributed by atoms with van der Waals surface area (Å²) in [7, 11) is 0. The van der Waals surface area contributed by atoms with E-state index in [0.717, 1.165) is 4.90 Å². The molecule has 1 aromatic carbocycles. The van der Waals surface area contributed by atoms with E-state index in [9.17, 15) is 9.90 Å². The molecular formula is C15H20ClNO3S. The Morgan fingerprint density at radius 3 is 2.62 bits per heavy atom. The van der Waals surface area contributed by atoms with Crippen molar-refractivity contribution < 1.29 is 14.6 Å². The van der Waals surface area contributed by atoms with Crippen LogP contribution < -0.4 is 5.32 Å². The molecule has 1 aromatic rings. The zero-order chi connectivity index (χ0) is 15.3. The van der Waals surface area contributed by atoms with E-state index in [2.05, 4.69) is 5.32 Å². The molecule has 1 unspecified atom stereocenters. The summed E-state index contributed by atoms with van der Waals surface area (Å²) in [5.74, 6) is -0.0640. The topological polar surface area (TPSA) is 58.6 Å². The smallest absolute Gasteiger partial charge is 0.233 e. The highest BCUT2D eigenvalue weighted by atomic mass is 35.5. The van der Waals surface area contributed by atoms with Gasteiger partial charge in [-0.1, -0.05) is 11.6 Å². The molecule has 0 bridgehead atoms. The van der Waals surface area contributed by atoms with Gasteiger partial charge in [0, 0.05) is 23.1 Å². The Bertz CT molecular complexity index is 474. The second-order valence-electron chi connectivity index (χ2n) is 5.25. The van der Waals surface area contributed by atoms with Crippen LogP contribution in [0.4, 0.5) is 0 Å². The first-order chi connectivity index (χ1) is 10.0. The molecule has 1 fully saturated rings. The van der Waals surface area contributed by atoms with Crippen molar-refractivity contribution in [1.82, 2.24) is 5.32 Å². The number of halogens is 1. The zero-order valence-corrected chi connectivity index (χ0v) is 13.5. The quantitative estimate of drug-likeness (QED) is 0.815. The first kappa shape index (κ1) is 16.6. The maximum absolute atomic E-state index is 12.3. The number of aliphatic hydroxyl groups is 1. The number of ether oxygens (including phenoxy) is 1. The second-order valence-corrected chi connectivity index (χ2v) is 7.10. The van der Waals surface area contributed by atoms with E-state index >= 15 is 0 Å². The van der Waals surface area contributed by atoms with Crippen molar-refractivity contribution in [1.29, 1.82) is 0 Å². The van der Waals surface area contributed by atoms with Gasteiger partial charge in [-0.05, 0) is 44.0 Å². The number of nitrogens with one attached hydrogen (secondary N) is 1. The normalized spacial score (nSPS) is 19.0. The van der Waals surface area contributed by atoms with Gasteiger partial charge in [0.2, 0.25) is 5.91 Å². The molecule has 1 heterocycles. The Morgan fingerprint density at radius 2 is 2.05 bits per heavy atom. The number of carbonyl (C=O) groups is 1. The van der Waals surface area contributed by atoms with Crippen molar-refractivity contribution in [2.45, 2.75) is 35.4 Å². The predicted octanol–water partition coefficient (Wildman–Crippen LogP) is 2.48. The number of thioether (sulfide) groups is 1. The van der Waals surface area contributed by atoms with Crippen LogP contribution in [0.5, 0.6) is 0 Å². The number of hydrogen-bond donors (Lipinski definition) is 2. The minimum Gasteiger partial charge on any atom is -0.394 e. The van der Waals surface area contributed by atoms with Crippen LogP contribution >= 0.6 is 23.4 Å². The maximum atomic E-state index is 12.3. The average Bonchev–Trinajstić information content (AvgIpc) is 2.50. The van der Waals surface area contributed by atoms with Crippen LogP contribution in [0.15, 0.2) is 29.2 Å². The molecule has 1 aliphatic rings. The Kier molecular flexibility index (Phi) is 5.93. The first-order valence-corrected chi connectivity index (χ1v) is 8.23. The van der Waals surface area contributed by atoms with Crippen molar-refractivity contribution in [2.24, 2.45) is 0 Å². The van der Waals surface area contributed by atoms with Crippen molar-refractivity contribution in [2.75, 3.05) is 19.8 Å². The van der Waals surface area contributed by atoms with E-state index < -0.39 is 5.54 Å². The lowest BCUT2D eigenvalue weighted by Crippen LogP contribution is -2.56. The Balaban J connectivity index is 1.93. The Labute approximate surface area is 134 Å². The highest BCUT2D eigenvalue weighted by molar-refractivity contribution is 8.00. The van der Waals surface area contributed by atoms with Gasteiger partial charge < -0.3 is 15.2 Å². The molecule has 0 aliphatic carbocycles. The number of amides is 1. The van der Waals surface area contributed by atoms with Gasteiger partial charge >= 0.3 is 0 Å². The molecule has 2 N–H and O–H groups in total. The van der Waals surface area contributed by atoms with Gasteiger partial charge in [-0.2, -0.15) is 0 Å². The van der Waals surface area contributed by atoms with Gasteiger partial charge in [0.25, 0.3) is 0 Å². The molecule has 1 saturated heterocycles. The molecule has 0 spiro atoms. The van der Waals surface area contributed by atoms with Gasteiger partial charge in [-0.15, -0.1) is 11.8 Å². The SMILES string of the molecule is CC(Sc1ccc(Cl)cc1)C(=O)NC1(CO)CCOCC1. The number of hydrogen-bond acceptors (Lipinski definition) is 4. The highest BCUT2D eigenvalue weighted by Crippen LogP contribution is 2.26. The fraction of sp³-hybridized carbons (Fsp3) is 0.533. The van der Waals surface area contributed by atoms with Crippen LogP contribution in [0.25, 0.3) is 0 Å². The van der Waals surface area contributed by atoms with Gasteiger partial charge in [-0.25, -0.2) is 0 Å². The molecule has 0 radical (unpaired) electrons. The molecule has 1 aliphatic heterocycles. The Morgan fingerprint density at radius 1 is 1.43 bits per heavy atom. The van der Waals surface area contributed by atoms with Gasteiger partial charge in [0.05, 0.1) is 17.4 Å². The molecule has 21 heavy (non-hydrogen) atoms. The average molecular weight is 330 g/mol. The third kappa shape index (κ3) is 4.61. The largest absolute Gasteiger partial charge is 0.394 e. The molecule has 1 atom stereocenters. The van der Waals surface area contributed by atoms with E-state index in [-0.39, 0.29) is 17.8 Å². The number of carbonyl (C=O) groups excluding carboxylic acids is 1. The summed E-state index contributed by atoms with van der Waals surface area (Å²) in [5.41, 5.74) is -0.538. The number of rotatable bonds is 5. The van der Waals surface area contributed by atoms with E-state index in [1.54, 1.807) is 0 Å². The zero-order valence-electron chi connectivity index (χ0n) is 12.0. The molecule has 2 rings (SSSR count). The lowest BCUT2D eigenvalue weighted by atomic mass is 9.91. The summed E-state index contributed by atoms with van der Waals surface area (Å²) in [4.78, 5) is 13.3. The van der Waals surface area contributed by atoms with Crippen molar-refractivity contribution in [3.63, 3.8) is 0 Å². The predicted molar refractivity (Wildman–Crippen MR) is 84.8 cm³/mol. The summed E-state index contributed by atoms with van der Waals surface area (Å²) in [6, 6.07) is 7.41. The highest BCUT2D eigenvalue weighted by Gasteiger charge is 2.34. The van der Waals surface area contributed by atoms with Crippen LogP contribution in [-0.4, -0.2) is 41.6 Å². The molecular weight excluding hydrogens is 310 g/mol. The lowest BCUT2D eigenvalue weighted by Gasteiger charge is -2.37.